The van der Waals surface area contributed by atoms with E-state index in [2.05, 4.69) is 59.4 Å². The van der Waals surface area contributed by atoms with E-state index < -0.39 is 23.9 Å². The van der Waals surface area contributed by atoms with E-state index >= 15 is 0 Å². The fraction of sp³-hybridized carbons (Fsp3) is 0.345. The monoisotopic (exact) mass is 585 g/mol. The predicted molar refractivity (Wildman–Crippen MR) is 153 cm³/mol. The molecule has 0 saturated heterocycles. The number of carbonyl (C=O) groups excluding carboxylic acids is 1. The van der Waals surface area contributed by atoms with Crippen molar-refractivity contribution < 1.29 is 49.5 Å². The van der Waals surface area contributed by atoms with Crippen molar-refractivity contribution in [2.75, 3.05) is 20.2 Å². The van der Waals surface area contributed by atoms with E-state index in [0.717, 1.165) is 12.8 Å². The third kappa shape index (κ3) is 9.14. The number of likely N-dealkylation sites (N-methyl/N-ethyl adjacent to an activating group) is 1. The first kappa shape index (κ1) is 33.5. The third-order valence-corrected chi connectivity index (χ3v) is 6.71. The van der Waals surface area contributed by atoms with Gasteiger partial charge >= 0.3 is 23.9 Å². The molecule has 6 N–H and O–H groups in total. The highest BCUT2D eigenvalue weighted by Gasteiger charge is 2.36. The number of aromatic nitrogens is 1. The van der Waals surface area contributed by atoms with Crippen LogP contribution in [0.4, 0.5) is 0 Å². The number of amides is 1. The molecule has 4 rings (SSSR count). The molecule has 1 aromatic carbocycles. The van der Waals surface area contributed by atoms with Crippen LogP contribution in [-0.4, -0.2) is 97.1 Å². The van der Waals surface area contributed by atoms with Crippen molar-refractivity contribution in [2.24, 2.45) is 13.0 Å². The van der Waals surface area contributed by atoms with Crippen LogP contribution in [0.25, 0.3) is 16.5 Å². The molecule has 1 amide bonds. The average molecular weight is 586 g/mol. The summed E-state index contributed by atoms with van der Waals surface area (Å²) in [6.07, 6.45) is 8.35. The maximum absolute atomic E-state index is 12.7. The number of aliphatic hydroxyl groups is 1. The van der Waals surface area contributed by atoms with Crippen molar-refractivity contribution in [1.29, 1.82) is 0 Å². The summed E-state index contributed by atoms with van der Waals surface area (Å²) in [6, 6.07) is 6.60. The first-order chi connectivity index (χ1) is 19.8. The normalized spacial score (nSPS) is 18.1. The molecule has 0 radical (unpaired) electrons. The van der Waals surface area contributed by atoms with Gasteiger partial charge in [0, 0.05) is 61.0 Å². The lowest BCUT2D eigenvalue weighted by molar-refractivity contribution is -0.134. The number of hydrogen-bond acceptors (Lipinski definition) is 7. The van der Waals surface area contributed by atoms with Crippen LogP contribution in [0.1, 0.15) is 24.5 Å². The molecule has 3 atom stereocenters. The number of carbonyl (C=O) groups is 5. The number of carboxylic acid groups (broad SMARTS) is 4. The second kappa shape index (κ2) is 15.3. The summed E-state index contributed by atoms with van der Waals surface area (Å²) in [4.78, 5) is 53.3. The number of rotatable bonds is 8. The SMILES string of the molecule is CC[C@@H](CO)NC(=O)[C@@H]1C=C2c3cccc4c3c(cn4C)C[C@H]2N(C)C1.O=C(O)/C=C\C(=O)O.O=C(O)/C=C\C(=O)O. The maximum atomic E-state index is 12.7. The third-order valence-electron chi connectivity index (χ3n) is 6.71. The van der Waals surface area contributed by atoms with Crippen molar-refractivity contribution in [1.82, 2.24) is 14.8 Å². The molecular weight excluding hydrogens is 550 g/mol. The minimum atomic E-state index is -1.26. The second-order valence-corrected chi connectivity index (χ2v) is 9.67. The van der Waals surface area contributed by atoms with Crippen molar-refractivity contribution in [3.8, 4) is 0 Å². The molecule has 0 bridgehead atoms. The van der Waals surface area contributed by atoms with Crippen LogP contribution in [0.2, 0.25) is 0 Å². The summed E-state index contributed by atoms with van der Waals surface area (Å²) in [6.45, 7) is 2.66. The number of benzene rings is 1. The molecule has 0 saturated carbocycles. The van der Waals surface area contributed by atoms with Gasteiger partial charge in [0.05, 0.1) is 18.6 Å². The highest BCUT2D eigenvalue weighted by Crippen LogP contribution is 2.41. The van der Waals surface area contributed by atoms with Gasteiger partial charge in [0.1, 0.15) is 0 Å². The number of aryl methyl sites for hydroxylation is 1. The molecular formula is C29H35N3O10. The Labute approximate surface area is 241 Å². The number of carboxylic acids is 4. The van der Waals surface area contributed by atoms with Gasteiger partial charge in [-0.3, -0.25) is 9.69 Å². The highest BCUT2D eigenvalue weighted by atomic mass is 16.4. The minimum Gasteiger partial charge on any atom is -0.478 e. The van der Waals surface area contributed by atoms with Crippen molar-refractivity contribution in [3.63, 3.8) is 0 Å². The van der Waals surface area contributed by atoms with Gasteiger partial charge in [-0.05, 0) is 42.7 Å². The summed E-state index contributed by atoms with van der Waals surface area (Å²) in [5.74, 6) is -5.21. The Balaban J connectivity index is 0.000000319. The quantitative estimate of drug-likeness (QED) is 0.244. The van der Waals surface area contributed by atoms with Gasteiger partial charge in [-0.1, -0.05) is 25.1 Å². The molecule has 0 unspecified atom stereocenters. The van der Waals surface area contributed by atoms with Crippen LogP contribution in [0.15, 0.2) is 54.8 Å². The van der Waals surface area contributed by atoms with Gasteiger partial charge in [-0.2, -0.15) is 0 Å². The van der Waals surface area contributed by atoms with Crippen molar-refractivity contribution in [2.45, 2.75) is 31.8 Å². The van der Waals surface area contributed by atoms with E-state index in [1.54, 1.807) is 0 Å². The Morgan fingerprint density at radius 1 is 0.952 bits per heavy atom. The number of aliphatic carboxylic acids is 4. The van der Waals surface area contributed by atoms with E-state index in [9.17, 15) is 29.1 Å². The van der Waals surface area contributed by atoms with Crippen LogP contribution >= 0.6 is 0 Å². The summed E-state index contributed by atoms with van der Waals surface area (Å²) < 4.78 is 2.20. The molecule has 42 heavy (non-hydrogen) atoms. The molecule has 2 aromatic rings. The lowest BCUT2D eigenvalue weighted by Crippen LogP contribution is -2.48. The van der Waals surface area contributed by atoms with Crippen LogP contribution in [-0.2, 0) is 37.4 Å². The minimum absolute atomic E-state index is 0.00901. The number of nitrogens with zero attached hydrogens (tertiary/aromatic N) is 2. The highest BCUT2D eigenvalue weighted by molar-refractivity contribution is 5.99. The molecule has 226 valence electrons. The Bertz CT molecular complexity index is 1350. The summed E-state index contributed by atoms with van der Waals surface area (Å²) >= 11 is 0. The summed E-state index contributed by atoms with van der Waals surface area (Å²) in [5, 5.41) is 44.9. The predicted octanol–water partition coefficient (Wildman–Crippen LogP) is 1.36. The zero-order valence-electron chi connectivity index (χ0n) is 23.4. The first-order valence-electron chi connectivity index (χ1n) is 13.0. The zero-order valence-corrected chi connectivity index (χ0v) is 23.4. The van der Waals surface area contributed by atoms with Gasteiger partial charge in [-0.25, -0.2) is 19.2 Å². The fourth-order valence-corrected chi connectivity index (χ4v) is 4.76. The molecule has 13 nitrogen and oxygen atoms in total. The lowest BCUT2D eigenvalue weighted by atomic mass is 9.80. The van der Waals surface area contributed by atoms with E-state index in [4.69, 9.17) is 20.4 Å². The smallest absolute Gasteiger partial charge is 0.328 e. The van der Waals surface area contributed by atoms with Crippen molar-refractivity contribution in [3.05, 3.63) is 65.9 Å². The molecule has 0 spiro atoms. The lowest BCUT2D eigenvalue weighted by Gasteiger charge is -2.39. The molecule has 0 fully saturated rings. The van der Waals surface area contributed by atoms with Gasteiger partial charge in [0.15, 0.2) is 0 Å². The first-order valence-corrected chi connectivity index (χ1v) is 13.0. The van der Waals surface area contributed by atoms with Gasteiger partial charge < -0.3 is 35.4 Å². The molecule has 1 aliphatic carbocycles. The molecule has 2 heterocycles. The van der Waals surface area contributed by atoms with E-state index in [1.807, 2.05) is 6.92 Å². The second-order valence-electron chi connectivity index (χ2n) is 9.67. The van der Waals surface area contributed by atoms with E-state index in [1.165, 1.54) is 27.6 Å². The number of nitrogens with one attached hydrogen (secondary N) is 1. The van der Waals surface area contributed by atoms with Crippen LogP contribution in [0.5, 0.6) is 0 Å². The Morgan fingerprint density at radius 2 is 1.50 bits per heavy atom. The van der Waals surface area contributed by atoms with E-state index in [0.29, 0.717) is 36.9 Å². The summed E-state index contributed by atoms with van der Waals surface area (Å²) in [5.41, 5.74) is 5.16. The molecule has 1 aliphatic heterocycles. The maximum Gasteiger partial charge on any atom is 0.328 e. The summed E-state index contributed by atoms with van der Waals surface area (Å²) in [7, 11) is 4.20. The van der Waals surface area contributed by atoms with Crippen LogP contribution in [0, 0.1) is 5.92 Å². The average Bonchev–Trinajstić information content (AvgIpc) is 3.26. The standard InChI is InChI=1S/C21H27N3O2.2C4H4O4/c1-4-15(12-25)22-21(26)14-8-17-16-6-5-7-18-20(16)13(10-23(18)2)9-19(17)24(3)11-14;2*5-3(6)1-2-4(7)8/h5-8,10,14-15,19,25H,4,9,11-12H2,1-3H3,(H,22,26);2*1-2H,(H,5,6)(H,7,8)/b;2*2-1-/t14-,15+,19-;;/m1../s1. The zero-order chi connectivity index (χ0) is 31.6. The Kier molecular flexibility index (Phi) is 12.2. The fourth-order valence-electron chi connectivity index (χ4n) is 4.76. The Morgan fingerprint density at radius 3 is 1.98 bits per heavy atom. The van der Waals surface area contributed by atoms with Crippen LogP contribution < -0.4 is 5.32 Å². The Hall–Kier alpha value is -4.75. The molecule has 1 aromatic heterocycles. The number of hydrogen-bond donors (Lipinski definition) is 6. The largest absolute Gasteiger partial charge is 0.478 e. The topological polar surface area (TPSA) is 207 Å². The van der Waals surface area contributed by atoms with Gasteiger partial charge in [0.25, 0.3) is 0 Å². The van der Waals surface area contributed by atoms with Crippen LogP contribution in [0.3, 0.4) is 0 Å². The van der Waals surface area contributed by atoms with Gasteiger partial charge in [0.2, 0.25) is 5.91 Å². The van der Waals surface area contributed by atoms with Gasteiger partial charge in [-0.15, -0.1) is 0 Å². The molecule has 2 aliphatic rings. The number of fused-ring (bicyclic) bond motifs is 2. The number of aliphatic hydroxyl groups excluding tert-OH is 1. The van der Waals surface area contributed by atoms with E-state index in [-0.39, 0.29) is 24.5 Å². The molecule has 13 heteroatoms. The van der Waals surface area contributed by atoms with Crippen molar-refractivity contribution >= 4 is 46.3 Å².